The van der Waals surface area contributed by atoms with Gasteiger partial charge in [-0.3, -0.25) is 9.55 Å². The standard InChI is InChI=1S/C39H23N3O.C33H18N2O2/c1-2-9-24(10-3-1)41-33-14-6-4-11-26(33)30-21-25(17-18-34(30)41)42-35-23-40-20-19-27(35)32-22-31-28-12-5-7-15-36(28)43-37-16-8-13-29(38(31)37)39(32)42;1-3-11-27-20(7-1)22-15-14-19(17-30(22)37-27)35-32-24-9-5-13-29-31(24)25(21-8-2-4-12-28(21)36-29)18-26(32)23-10-6-16-34-33(23)35/h1-23H;1-18H. The van der Waals surface area contributed by atoms with Crippen LogP contribution in [-0.2, 0) is 0 Å². The SMILES string of the molecule is c1ccc(-n2c3ccccc3c3cc(-n4c5cnccc5c5cc6c7c(cccc7c54)Oc4ccccc4-6)ccc32)cc1.c1ccc2c(c1)Oc1cccc3c1c-2cc1c2cccnc2n(-c2ccc4c(c2)oc2ccccc24)c31. The van der Waals surface area contributed by atoms with E-state index in [4.69, 9.17) is 18.9 Å². The summed E-state index contributed by atoms with van der Waals surface area (Å²) in [5.74, 6) is 3.56. The predicted molar refractivity (Wildman–Crippen MR) is 325 cm³/mol. The zero-order valence-corrected chi connectivity index (χ0v) is 42.6. The van der Waals surface area contributed by atoms with E-state index in [0.29, 0.717) is 0 Å². The molecule has 19 rings (SSSR count). The number of aromatic nitrogens is 5. The minimum absolute atomic E-state index is 0.865. The van der Waals surface area contributed by atoms with Crippen LogP contribution in [-0.4, -0.2) is 23.7 Å². The predicted octanol–water partition coefficient (Wildman–Crippen LogP) is 19.2. The zero-order valence-electron chi connectivity index (χ0n) is 42.6. The fraction of sp³-hybridized carbons (Fsp3) is 0. The molecule has 8 heterocycles. The third-order valence-corrected chi connectivity index (χ3v) is 16.6. The highest BCUT2D eigenvalue weighted by molar-refractivity contribution is 6.25. The van der Waals surface area contributed by atoms with Gasteiger partial charge in [0.15, 0.2) is 0 Å². The summed E-state index contributed by atoms with van der Waals surface area (Å²) in [4.78, 5) is 9.45. The molecule has 372 valence electrons. The molecule has 0 spiro atoms. The van der Waals surface area contributed by atoms with Crippen LogP contribution < -0.4 is 9.47 Å². The lowest BCUT2D eigenvalue weighted by molar-refractivity contribution is 0.487. The first-order valence-corrected chi connectivity index (χ1v) is 26.9. The van der Waals surface area contributed by atoms with E-state index in [1.54, 1.807) is 0 Å². The molecule has 0 amide bonds. The van der Waals surface area contributed by atoms with Gasteiger partial charge >= 0.3 is 0 Å². The second-order valence-electron chi connectivity index (χ2n) is 20.8. The molecule has 0 saturated carbocycles. The van der Waals surface area contributed by atoms with Crippen molar-refractivity contribution >= 4 is 109 Å². The Morgan fingerprint density at radius 1 is 0.300 bits per heavy atom. The lowest BCUT2D eigenvalue weighted by Gasteiger charge is -2.22. The van der Waals surface area contributed by atoms with Crippen LogP contribution in [0.25, 0.3) is 148 Å². The van der Waals surface area contributed by atoms with E-state index in [9.17, 15) is 0 Å². The van der Waals surface area contributed by atoms with Crippen LogP contribution in [0.5, 0.6) is 23.0 Å². The first kappa shape index (κ1) is 43.2. The maximum Gasteiger partial charge on any atom is 0.145 e. The molecule has 17 aromatic rings. The summed E-state index contributed by atoms with van der Waals surface area (Å²) >= 11 is 0. The Hall–Kier alpha value is -11.0. The highest BCUT2D eigenvalue weighted by Gasteiger charge is 2.28. The lowest BCUT2D eigenvalue weighted by Crippen LogP contribution is -1.99. The maximum atomic E-state index is 6.44. The number of hydrogen-bond acceptors (Lipinski definition) is 5. The van der Waals surface area contributed by atoms with Crippen molar-refractivity contribution in [3.05, 3.63) is 249 Å². The number of ether oxygens (including phenoxy) is 2. The van der Waals surface area contributed by atoms with Crippen LogP contribution in [0.1, 0.15) is 0 Å². The average Bonchev–Trinajstić information content (AvgIpc) is 4.35. The summed E-state index contributed by atoms with van der Waals surface area (Å²) in [6.45, 7) is 0. The molecule has 0 unspecified atom stereocenters. The largest absolute Gasteiger partial charge is 0.456 e. The van der Waals surface area contributed by atoms with Gasteiger partial charge in [-0.15, -0.1) is 0 Å². The number of para-hydroxylation sites is 5. The second-order valence-corrected chi connectivity index (χ2v) is 20.8. The molecule has 0 saturated heterocycles. The van der Waals surface area contributed by atoms with Crippen molar-refractivity contribution in [1.82, 2.24) is 23.7 Å². The fourth-order valence-corrected chi connectivity index (χ4v) is 13.3. The number of hydrogen-bond donors (Lipinski definition) is 0. The molecular formula is C72H41N5O3. The average molecular weight is 1020 g/mol. The fourth-order valence-electron chi connectivity index (χ4n) is 13.3. The third kappa shape index (κ3) is 5.98. The van der Waals surface area contributed by atoms with Crippen molar-refractivity contribution in [2.45, 2.75) is 0 Å². The van der Waals surface area contributed by atoms with Gasteiger partial charge in [0.25, 0.3) is 0 Å². The van der Waals surface area contributed by atoms with Gasteiger partial charge in [0, 0.05) is 106 Å². The van der Waals surface area contributed by atoms with Gasteiger partial charge in [-0.05, 0) is 120 Å². The van der Waals surface area contributed by atoms with Gasteiger partial charge in [0.2, 0.25) is 0 Å². The van der Waals surface area contributed by atoms with Crippen molar-refractivity contribution < 1.29 is 13.9 Å². The summed E-state index contributed by atoms with van der Waals surface area (Å²) < 4.78 is 26.1. The maximum absolute atomic E-state index is 6.44. The van der Waals surface area contributed by atoms with Crippen LogP contribution in [0.15, 0.2) is 254 Å². The van der Waals surface area contributed by atoms with Gasteiger partial charge in [0.05, 0.1) is 39.5 Å². The Labute approximate surface area is 455 Å². The van der Waals surface area contributed by atoms with Gasteiger partial charge in [-0.2, -0.15) is 0 Å². The normalized spacial score (nSPS) is 12.4. The number of rotatable bonds is 3. The summed E-state index contributed by atoms with van der Waals surface area (Å²) in [5, 5.41) is 14.0. The van der Waals surface area contributed by atoms with E-state index in [2.05, 4.69) is 207 Å². The minimum Gasteiger partial charge on any atom is -0.456 e. The van der Waals surface area contributed by atoms with Gasteiger partial charge < -0.3 is 23.0 Å². The number of furan rings is 1. The Bertz CT molecular complexity index is 5510. The summed E-state index contributed by atoms with van der Waals surface area (Å²) in [6, 6.07) is 81.0. The van der Waals surface area contributed by atoms with E-state index in [1.165, 1.54) is 54.5 Å². The molecule has 2 aliphatic rings. The highest BCUT2D eigenvalue weighted by Crippen LogP contribution is 2.52. The molecule has 2 aliphatic heterocycles. The number of benzene rings is 11. The molecule has 0 fully saturated rings. The number of nitrogens with zero attached hydrogens (tertiary/aromatic N) is 5. The first-order valence-electron chi connectivity index (χ1n) is 26.9. The molecule has 0 atom stereocenters. The molecule has 6 aromatic heterocycles. The molecule has 0 bridgehead atoms. The lowest BCUT2D eigenvalue weighted by atomic mass is 9.92. The molecule has 8 heteroatoms. The van der Waals surface area contributed by atoms with Gasteiger partial charge in [0.1, 0.15) is 39.8 Å². The summed E-state index contributed by atoms with van der Waals surface area (Å²) in [5.41, 5.74) is 16.3. The summed E-state index contributed by atoms with van der Waals surface area (Å²) in [6.07, 6.45) is 5.75. The molecule has 80 heavy (non-hydrogen) atoms. The van der Waals surface area contributed by atoms with E-state index >= 15 is 0 Å². The van der Waals surface area contributed by atoms with Crippen LogP contribution in [0.2, 0.25) is 0 Å². The number of fused-ring (bicyclic) bond motifs is 18. The Morgan fingerprint density at radius 3 is 1.65 bits per heavy atom. The monoisotopic (exact) mass is 1020 g/mol. The molecule has 8 nitrogen and oxygen atoms in total. The second kappa shape index (κ2) is 16.3. The van der Waals surface area contributed by atoms with Crippen LogP contribution >= 0.6 is 0 Å². The number of pyridine rings is 2. The smallest absolute Gasteiger partial charge is 0.145 e. The highest BCUT2D eigenvalue weighted by atomic mass is 16.5. The molecular weight excluding hydrogens is 983 g/mol. The Balaban J connectivity index is 0.000000125. The zero-order chi connectivity index (χ0) is 52.2. The van der Waals surface area contributed by atoms with Crippen molar-refractivity contribution in [3.63, 3.8) is 0 Å². The van der Waals surface area contributed by atoms with E-state index < -0.39 is 0 Å². The first-order chi connectivity index (χ1) is 39.7. The minimum atomic E-state index is 0.865. The van der Waals surface area contributed by atoms with E-state index in [1.807, 2.05) is 61.1 Å². The van der Waals surface area contributed by atoms with E-state index in [-0.39, 0.29) is 0 Å². The summed E-state index contributed by atoms with van der Waals surface area (Å²) in [7, 11) is 0. The molecule has 0 N–H and O–H groups in total. The molecule has 0 aliphatic carbocycles. The van der Waals surface area contributed by atoms with Crippen molar-refractivity contribution in [3.8, 4) is 62.3 Å². The third-order valence-electron chi connectivity index (χ3n) is 16.6. The quantitative estimate of drug-likeness (QED) is 0.176. The topological polar surface area (TPSA) is 72.2 Å². The van der Waals surface area contributed by atoms with Gasteiger partial charge in [-0.1, -0.05) is 115 Å². The van der Waals surface area contributed by atoms with Crippen LogP contribution in [0, 0.1) is 0 Å². The van der Waals surface area contributed by atoms with Crippen LogP contribution in [0.4, 0.5) is 0 Å². The van der Waals surface area contributed by atoms with Gasteiger partial charge in [-0.25, -0.2) is 4.98 Å². The Kier molecular flexibility index (Phi) is 8.79. The van der Waals surface area contributed by atoms with Crippen LogP contribution in [0.3, 0.4) is 0 Å². The molecule has 11 aromatic carbocycles. The Morgan fingerprint density at radius 2 is 0.875 bits per heavy atom. The van der Waals surface area contributed by atoms with Crippen molar-refractivity contribution in [1.29, 1.82) is 0 Å². The van der Waals surface area contributed by atoms with E-state index in [0.717, 1.165) is 117 Å². The van der Waals surface area contributed by atoms with Crippen molar-refractivity contribution in [2.24, 2.45) is 0 Å². The molecule has 0 radical (unpaired) electrons. The van der Waals surface area contributed by atoms with Crippen molar-refractivity contribution in [2.75, 3.05) is 0 Å².